The van der Waals surface area contributed by atoms with Crippen molar-refractivity contribution >= 4 is 21.8 Å². The Labute approximate surface area is 107 Å². The smallest absolute Gasteiger partial charge is 0.242 e. The maximum atomic E-state index is 12.1. The van der Waals surface area contributed by atoms with E-state index in [9.17, 15) is 13.5 Å². The van der Waals surface area contributed by atoms with E-state index >= 15 is 0 Å². The molecule has 0 saturated heterocycles. The van der Waals surface area contributed by atoms with Gasteiger partial charge in [0.05, 0.1) is 4.90 Å². The normalized spacial score (nSPS) is 11.9. The van der Waals surface area contributed by atoms with Crippen LogP contribution >= 0.6 is 11.8 Å². The minimum Gasteiger partial charge on any atom is -0.508 e. The Bertz CT molecular complexity index is 460. The molecular formula is C11H17NO3S2. The average molecular weight is 275 g/mol. The molecule has 0 aliphatic rings. The molecular weight excluding hydrogens is 258 g/mol. The summed E-state index contributed by atoms with van der Waals surface area (Å²) in [5.41, 5.74) is 0. The first-order chi connectivity index (χ1) is 7.98. The minimum atomic E-state index is -3.48. The summed E-state index contributed by atoms with van der Waals surface area (Å²) < 4.78 is 25.5. The van der Waals surface area contributed by atoms with Crippen LogP contribution in [0, 0.1) is 0 Å². The second kappa shape index (κ2) is 6.28. The summed E-state index contributed by atoms with van der Waals surface area (Å²) in [6.45, 7) is 0.485. The van der Waals surface area contributed by atoms with E-state index in [0.717, 1.165) is 12.2 Å². The number of aromatic hydroxyl groups is 1. The van der Waals surface area contributed by atoms with Crippen LogP contribution in [0.25, 0.3) is 0 Å². The molecule has 0 aliphatic heterocycles. The predicted molar refractivity (Wildman–Crippen MR) is 70.9 cm³/mol. The molecule has 0 aromatic heterocycles. The lowest BCUT2D eigenvalue weighted by molar-refractivity contribution is 0.462. The van der Waals surface area contributed by atoms with Gasteiger partial charge in [-0.1, -0.05) is 6.07 Å². The number of phenols is 1. The molecule has 0 atom stereocenters. The summed E-state index contributed by atoms with van der Waals surface area (Å²) in [7, 11) is -1.92. The summed E-state index contributed by atoms with van der Waals surface area (Å²) in [6, 6.07) is 5.73. The second-order valence-corrected chi connectivity index (χ2v) is 6.70. The largest absolute Gasteiger partial charge is 0.508 e. The fraction of sp³-hybridized carbons (Fsp3) is 0.455. The standard InChI is InChI=1S/C11H17NO3S2/c1-12(7-4-8-16-2)17(14,15)11-6-3-5-10(13)9-11/h3,5-6,9,13H,4,7-8H2,1-2H3. The quantitative estimate of drug-likeness (QED) is 0.804. The maximum Gasteiger partial charge on any atom is 0.242 e. The predicted octanol–water partition coefficient (Wildman–Crippen LogP) is 1.77. The van der Waals surface area contributed by atoms with Gasteiger partial charge in [-0.2, -0.15) is 11.8 Å². The molecule has 96 valence electrons. The fourth-order valence-electron chi connectivity index (χ4n) is 1.38. The summed E-state index contributed by atoms with van der Waals surface area (Å²) >= 11 is 1.69. The van der Waals surface area contributed by atoms with Crippen molar-refractivity contribution in [2.75, 3.05) is 25.6 Å². The van der Waals surface area contributed by atoms with E-state index in [1.165, 1.54) is 28.6 Å². The Morgan fingerprint density at radius 3 is 2.71 bits per heavy atom. The minimum absolute atomic E-state index is 0.0383. The van der Waals surface area contributed by atoms with Crippen molar-refractivity contribution < 1.29 is 13.5 Å². The summed E-state index contributed by atoms with van der Waals surface area (Å²) in [6.07, 6.45) is 2.81. The van der Waals surface area contributed by atoms with Crippen molar-refractivity contribution in [3.8, 4) is 5.75 Å². The Morgan fingerprint density at radius 2 is 2.12 bits per heavy atom. The molecule has 0 spiro atoms. The highest BCUT2D eigenvalue weighted by molar-refractivity contribution is 7.98. The van der Waals surface area contributed by atoms with Crippen LogP contribution in [-0.2, 0) is 10.0 Å². The van der Waals surface area contributed by atoms with Gasteiger partial charge in [0.2, 0.25) is 10.0 Å². The number of phenolic OH excluding ortho intramolecular Hbond substituents is 1. The van der Waals surface area contributed by atoms with E-state index in [1.807, 2.05) is 6.26 Å². The lowest BCUT2D eigenvalue weighted by atomic mass is 10.3. The van der Waals surface area contributed by atoms with Crippen LogP contribution in [0.15, 0.2) is 29.2 Å². The van der Waals surface area contributed by atoms with Crippen LogP contribution in [-0.4, -0.2) is 43.4 Å². The number of hydrogen-bond donors (Lipinski definition) is 1. The Balaban J connectivity index is 2.80. The van der Waals surface area contributed by atoms with Gasteiger partial charge < -0.3 is 5.11 Å². The van der Waals surface area contributed by atoms with E-state index in [-0.39, 0.29) is 10.6 Å². The second-order valence-electron chi connectivity index (χ2n) is 3.67. The zero-order valence-electron chi connectivity index (χ0n) is 9.96. The van der Waals surface area contributed by atoms with Crippen molar-refractivity contribution in [2.24, 2.45) is 0 Å². The first-order valence-electron chi connectivity index (χ1n) is 5.23. The number of rotatable bonds is 6. The van der Waals surface area contributed by atoms with Gasteiger partial charge in [-0.25, -0.2) is 12.7 Å². The molecule has 17 heavy (non-hydrogen) atoms. The molecule has 4 nitrogen and oxygen atoms in total. The highest BCUT2D eigenvalue weighted by Gasteiger charge is 2.20. The van der Waals surface area contributed by atoms with Gasteiger partial charge in [-0.05, 0) is 36.6 Å². The maximum absolute atomic E-state index is 12.1. The van der Waals surface area contributed by atoms with E-state index < -0.39 is 10.0 Å². The van der Waals surface area contributed by atoms with Gasteiger partial charge in [0, 0.05) is 13.6 Å². The number of benzene rings is 1. The van der Waals surface area contributed by atoms with Gasteiger partial charge in [0.15, 0.2) is 0 Å². The number of sulfonamides is 1. The molecule has 0 saturated carbocycles. The molecule has 6 heteroatoms. The van der Waals surface area contributed by atoms with Gasteiger partial charge in [-0.3, -0.25) is 0 Å². The molecule has 0 fully saturated rings. The molecule has 0 bridgehead atoms. The van der Waals surface area contributed by atoms with Crippen LogP contribution in [0.3, 0.4) is 0 Å². The molecule has 0 aliphatic carbocycles. The molecule has 0 unspecified atom stereocenters. The van der Waals surface area contributed by atoms with Crippen LogP contribution in [0.4, 0.5) is 0 Å². The van der Waals surface area contributed by atoms with E-state index in [4.69, 9.17) is 0 Å². The van der Waals surface area contributed by atoms with Crippen LogP contribution in [0.1, 0.15) is 6.42 Å². The molecule has 0 amide bonds. The first kappa shape index (κ1) is 14.3. The number of nitrogens with zero attached hydrogens (tertiary/aromatic N) is 1. The van der Waals surface area contributed by atoms with E-state index in [2.05, 4.69) is 0 Å². The number of thioether (sulfide) groups is 1. The molecule has 1 aromatic rings. The van der Waals surface area contributed by atoms with Gasteiger partial charge in [0.1, 0.15) is 5.75 Å². The SMILES string of the molecule is CSCCCN(C)S(=O)(=O)c1cccc(O)c1. The lowest BCUT2D eigenvalue weighted by Crippen LogP contribution is -2.28. The van der Waals surface area contributed by atoms with E-state index in [1.54, 1.807) is 18.8 Å². The third-order valence-corrected chi connectivity index (χ3v) is 4.90. The summed E-state index contributed by atoms with van der Waals surface area (Å²) in [4.78, 5) is 0.129. The van der Waals surface area contributed by atoms with Gasteiger partial charge in [0.25, 0.3) is 0 Å². The topological polar surface area (TPSA) is 57.6 Å². The fourth-order valence-corrected chi connectivity index (χ4v) is 3.04. The van der Waals surface area contributed by atoms with E-state index in [0.29, 0.717) is 6.54 Å². The third kappa shape index (κ3) is 3.90. The van der Waals surface area contributed by atoms with Crippen molar-refractivity contribution in [1.82, 2.24) is 4.31 Å². The summed E-state index contributed by atoms with van der Waals surface area (Å²) in [5, 5.41) is 9.29. The highest BCUT2D eigenvalue weighted by atomic mass is 32.2. The number of hydrogen-bond acceptors (Lipinski definition) is 4. The zero-order chi connectivity index (χ0) is 12.9. The Hall–Kier alpha value is -0.720. The molecule has 1 aromatic carbocycles. The highest BCUT2D eigenvalue weighted by Crippen LogP contribution is 2.19. The van der Waals surface area contributed by atoms with Crippen molar-refractivity contribution in [2.45, 2.75) is 11.3 Å². The van der Waals surface area contributed by atoms with Crippen LogP contribution in [0.5, 0.6) is 5.75 Å². The summed E-state index contributed by atoms with van der Waals surface area (Å²) in [5.74, 6) is 0.892. The molecule has 1 rings (SSSR count). The molecule has 1 N–H and O–H groups in total. The van der Waals surface area contributed by atoms with Crippen LogP contribution in [0.2, 0.25) is 0 Å². The van der Waals surface area contributed by atoms with Crippen molar-refractivity contribution in [3.05, 3.63) is 24.3 Å². The van der Waals surface area contributed by atoms with Gasteiger partial charge >= 0.3 is 0 Å². The lowest BCUT2D eigenvalue weighted by Gasteiger charge is -2.16. The molecule has 0 heterocycles. The van der Waals surface area contributed by atoms with Gasteiger partial charge in [-0.15, -0.1) is 0 Å². The van der Waals surface area contributed by atoms with Crippen molar-refractivity contribution in [1.29, 1.82) is 0 Å². The van der Waals surface area contributed by atoms with Crippen LogP contribution < -0.4 is 0 Å². The first-order valence-corrected chi connectivity index (χ1v) is 8.06. The monoisotopic (exact) mass is 275 g/mol. The molecule has 0 radical (unpaired) electrons. The zero-order valence-corrected chi connectivity index (χ0v) is 11.6. The average Bonchev–Trinajstić information content (AvgIpc) is 2.29. The Morgan fingerprint density at radius 1 is 1.41 bits per heavy atom. The Kier molecular flexibility index (Phi) is 5.30. The third-order valence-electron chi connectivity index (χ3n) is 2.35. The van der Waals surface area contributed by atoms with Crippen molar-refractivity contribution in [3.63, 3.8) is 0 Å².